The van der Waals surface area contributed by atoms with Crippen LogP contribution in [0, 0.1) is 11.6 Å². The molecule has 0 aliphatic heterocycles. The monoisotopic (exact) mass is 252 g/mol. The number of hydrogen-bond donors (Lipinski definition) is 2. The highest BCUT2D eigenvalue weighted by molar-refractivity contribution is 6.04. The van der Waals surface area contributed by atoms with E-state index in [2.05, 4.69) is 10.4 Å². The largest absolute Gasteiger partial charge is 0.396 e. The lowest BCUT2D eigenvalue weighted by Gasteiger charge is -2.05. The van der Waals surface area contributed by atoms with Crippen LogP contribution in [0.5, 0.6) is 0 Å². The summed E-state index contributed by atoms with van der Waals surface area (Å²) in [4.78, 5) is 11.7. The van der Waals surface area contributed by atoms with Gasteiger partial charge in [-0.25, -0.2) is 8.78 Å². The molecule has 1 aromatic heterocycles. The van der Waals surface area contributed by atoms with E-state index in [9.17, 15) is 13.6 Å². The first-order valence-corrected chi connectivity index (χ1v) is 5.03. The zero-order valence-corrected chi connectivity index (χ0v) is 9.45. The maximum atomic E-state index is 13.4. The molecule has 0 aliphatic rings. The molecule has 1 aromatic carbocycles. The molecule has 3 N–H and O–H groups in total. The van der Waals surface area contributed by atoms with Crippen molar-refractivity contribution in [1.82, 2.24) is 9.78 Å². The first kappa shape index (κ1) is 12.0. The first-order valence-electron chi connectivity index (χ1n) is 5.03. The van der Waals surface area contributed by atoms with E-state index in [0.29, 0.717) is 6.07 Å². The van der Waals surface area contributed by atoms with Crippen molar-refractivity contribution in [3.05, 3.63) is 41.6 Å². The molecule has 18 heavy (non-hydrogen) atoms. The van der Waals surface area contributed by atoms with Crippen molar-refractivity contribution >= 4 is 17.4 Å². The summed E-state index contributed by atoms with van der Waals surface area (Å²) in [6.45, 7) is 0. The fourth-order valence-electron chi connectivity index (χ4n) is 1.41. The van der Waals surface area contributed by atoms with E-state index in [0.717, 1.165) is 6.07 Å². The lowest BCUT2D eigenvalue weighted by atomic mass is 10.1. The molecule has 5 nitrogen and oxygen atoms in total. The Labute approximate surface area is 101 Å². The lowest BCUT2D eigenvalue weighted by Crippen LogP contribution is -2.15. The number of nitrogens with one attached hydrogen (secondary N) is 1. The van der Waals surface area contributed by atoms with Crippen LogP contribution < -0.4 is 11.1 Å². The second-order valence-corrected chi connectivity index (χ2v) is 3.68. The van der Waals surface area contributed by atoms with Crippen LogP contribution in [0.3, 0.4) is 0 Å². The summed E-state index contributed by atoms with van der Waals surface area (Å²) in [5.74, 6) is -2.35. The van der Waals surface area contributed by atoms with Gasteiger partial charge in [0.25, 0.3) is 5.91 Å². The van der Waals surface area contributed by atoms with Gasteiger partial charge in [-0.1, -0.05) is 0 Å². The van der Waals surface area contributed by atoms with Gasteiger partial charge in [-0.05, 0) is 6.07 Å². The minimum atomic E-state index is -0.977. The fraction of sp³-hybridized carbons (Fsp3) is 0.0909. The molecule has 0 bridgehead atoms. The summed E-state index contributed by atoms with van der Waals surface area (Å²) >= 11 is 0. The molecule has 0 fully saturated rings. The zero-order chi connectivity index (χ0) is 13.3. The molecule has 7 heteroatoms. The van der Waals surface area contributed by atoms with Crippen LogP contribution in [0.25, 0.3) is 0 Å². The predicted molar refractivity (Wildman–Crippen MR) is 61.9 cm³/mol. The van der Waals surface area contributed by atoms with Crippen molar-refractivity contribution in [1.29, 1.82) is 0 Å². The van der Waals surface area contributed by atoms with Gasteiger partial charge in [-0.2, -0.15) is 5.10 Å². The van der Waals surface area contributed by atoms with Crippen molar-refractivity contribution < 1.29 is 13.6 Å². The number of carbonyl (C=O) groups is 1. The Balaban J connectivity index is 2.26. The molecule has 0 unspecified atom stereocenters. The SMILES string of the molecule is Cn1ccc(NC(=O)c2cc(N)c(F)cc2F)n1. The Morgan fingerprint density at radius 2 is 2.11 bits per heavy atom. The van der Waals surface area contributed by atoms with Crippen LogP contribution in [-0.2, 0) is 7.05 Å². The minimum absolute atomic E-state index is 0.268. The number of nitrogens with zero attached hydrogens (tertiary/aromatic N) is 2. The number of amides is 1. The van der Waals surface area contributed by atoms with Crippen LogP contribution in [0.2, 0.25) is 0 Å². The Morgan fingerprint density at radius 1 is 1.39 bits per heavy atom. The Morgan fingerprint density at radius 3 is 2.72 bits per heavy atom. The number of aryl methyl sites for hydroxylation is 1. The standard InChI is InChI=1S/C11H10F2N4O/c1-17-3-2-10(16-17)15-11(18)6-4-9(14)8(13)5-7(6)12/h2-5H,14H2,1H3,(H,15,16,18). The smallest absolute Gasteiger partial charge is 0.259 e. The topological polar surface area (TPSA) is 72.9 Å². The number of rotatable bonds is 2. The second kappa shape index (κ2) is 4.44. The maximum Gasteiger partial charge on any atom is 0.259 e. The number of nitrogens with two attached hydrogens (primary N) is 1. The first-order chi connectivity index (χ1) is 8.47. The van der Waals surface area contributed by atoms with Crippen LogP contribution in [0.4, 0.5) is 20.3 Å². The molecule has 1 amide bonds. The van der Waals surface area contributed by atoms with Crippen molar-refractivity contribution in [3.8, 4) is 0 Å². The summed E-state index contributed by atoms with van der Waals surface area (Å²) in [5.41, 5.74) is 4.66. The van der Waals surface area contributed by atoms with Gasteiger partial charge in [0.15, 0.2) is 5.82 Å². The van der Waals surface area contributed by atoms with Gasteiger partial charge in [0.2, 0.25) is 0 Å². The van der Waals surface area contributed by atoms with Crippen LogP contribution in [-0.4, -0.2) is 15.7 Å². The molecule has 2 aromatic rings. The van der Waals surface area contributed by atoms with E-state index in [1.54, 1.807) is 19.3 Å². The highest BCUT2D eigenvalue weighted by Gasteiger charge is 2.15. The molecule has 2 rings (SSSR count). The van der Waals surface area contributed by atoms with Crippen LogP contribution in [0.15, 0.2) is 24.4 Å². The molecular formula is C11H10F2N4O. The third kappa shape index (κ3) is 2.29. The van der Waals surface area contributed by atoms with E-state index < -0.39 is 17.5 Å². The highest BCUT2D eigenvalue weighted by Crippen LogP contribution is 2.17. The summed E-state index contributed by atoms with van der Waals surface area (Å²) in [7, 11) is 1.67. The number of anilines is 2. The van der Waals surface area contributed by atoms with Crippen LogP contribution >= 0.6 is 0 Å². The quantitative estimate of drug-likeness (QED) is 0.796. The molecular weight excluding hydrogens is 242 g/mol. The molecule has 94 valence electrons. The minimum Gasteiger partial charge on any atom is -0.396 e. The van der Waals surface area contributed by atoms with Crippen molar-refractivity contribution in [2.24, 2.45) is 7.05 Å². The normalized spacial score (nSPS) is 10.4. The van der Waals surface area contributed by atoms with Gasteiger partial charge in [-0.15, -0.1) is 0 Å². The predicted octanol–water partition coefficient (Wildman–Crippen LogP) is 1.53. The Hall–Kier alpha value is -2.44. The molecule has 0 saturated carbocycles. The average molecular weight is 252 g/mol. The fourth-order valence-corrected chi connectivity index (χ4v) is 1.41. The van der Waals surface area contributed by atoms with Crippen LogP contribution in [0.1, 0.15) is 10.4 Å². The van der Waals surface area contributed by atoms with Crippen molar-refractivity contribution in [3.63, 3.8) is 0 Å². The number of nitrogen functional groups attached to an aromatic ring is 1. The van der Waals surface area contributed by atoms with Crippen molar-refractivity contribution in [2.45, 2.75) is 0 Å². The van der Waals surface area contributed by atoms with E-state index in [1.807, 2.05) is 0 Å². The maximum absolute atomic E-state index is 13.4. The summed E-state index contributed by atoms with van der Waals surface area (Å²) in [6.07, 6.45) is 1.62. The summed E-state index contributed by atoms with van der Waals surface area (Å²) in [6, 6.07) is 3.06. The van der Waals surface area contributed by atoms with E-state index >= 15 is 0 Å². The highest BCUT2D eigenvalue weighted by atomic mass is 19.1. The molecule has 0 saturated heterocycles. The van der Waals surface area contributed by atoms with E-state index in [-0.39, 0.29) is 17.1 Å². The molecule has 0 aliphatic carbocycles. The Kier molecular flexibility index (Phi) is 2.97. The lowest BCUT2D eigenvalue weighted by molar-refractivity contribution is 0.102. The summed E-state index contributed by atoms with van der Waals surface area (Å²) < 4.78 is 27.8. The van der Waals surface area contributed by atoms with Gasteiger partial charge in [-0.3, -0.25) is 9.48 Å². The third-order valence-electron chi connectivity index (χ3n) is 2.29. The number of halogens is 2. The second-order valence-electron chi connectivity index (χ2n) is 3.68. The van der Waals surface area contributed by atoms with Gasteiger partial charge >= 0.3 is 0 Å². The van der Waals surface area contributed by atoms with Gasteiger partial charge in [0.05, 0.1) is 11.3 Å². The Bertz CT molecular complexity index is 609. The molecule has 0 radical (unpaired) electrons. The number of carbonyl (C=O) groups excluding carboxylic acids is 1. The van der Waals surface area contributed by atoms with E-state index in [4.69, 9.17) is 5.73 Å². The zero-order valence-electron chi connectivity index (χ0n) is 9.45. The van der Waals surface area contributed by atoms with Gasteiger partial charge in [0, 0.05) is 25.4 Å². The summed E-state index contributed by atoms with van der Waals surface area (Å²) in [5, 5.41) is 6.28. The van der Waals surface area contributed by atoms with Crippen molar-refractivity contribution in [2.75, 3.05) is 11.1 Å². The molecule has 0 atom stereocenters. The van der Waals surface area contributed by atoms with Gasteiger partial charge in [0.1, 0.15) is 11.6 Å². The number of aromatic nitrogens is 2. The third-order valence-corrected chi connectivity index (χ3v) is 2.29. The van der Waals surface area contributed by atoms with Gasteiger partial charge < -0.3 is 11.1 Å². The number of hydrogen-bond acceptors (Lipinski definition) is 3. The molecule has 0 spiro atoms. The number of benzene rings is 1. The molecule has 1 heterocycles. The van der Waals surface area contributed by atoms with E-state index in [1.165, 1.54) is 4.68 Å². The average Bonchev–Trinajstić information content (AvgIpc) is 2.69.